The van der Waals surface area contributed by atoms with E-state index in [9.17, 15) is 0 Å². The minimum atomic E-state index is 0.577. The van der Waals surface area contributed by atoms with Crippen LogP contribution in [0.3, 0.4) is 0 Å². The third-order valence-electron chi connectivity index (χ3n) is 3.98. The van der Waals surface area contributed by atoms with E-state index < -0.39 is 0 Å². The topological polar surface area (TPSA) is 67.1 Å². The molecule has 5 nitrogen and oxygen atoms in total. The molecule has 18 heavy (non-hydrogen) atoms. The molecule has 3 N–H and O–H groups in total. The summed E-state index contributed by atoms with van der Waals surface area (Å²) in [5, 5.41) is 0. The smallest absolute Gasteiger partial charge is 0.148 e. The van der Waals surface area contributed by atoms with Gasteiger partial charge in [-0.15, -0.1) is 0 Å². The monoisotopic (exact) mass is 249 g/mol. The van der Waals surface area contributed by atoms with Crippen LogP contribution >= 0.6 is 0 Å². The van der Waals surface area contributed by atoms with Gasteiger partial charge in [-0.1, -0.05) is 19.8 Å². The highest BCUT2D eigenvalue weighted by Gasteiger charge is 2.24. The Morgan fingerprint density at radius 3 is 2.83 bits per heavy atom. The lowest BCUT2D eigenvalue weighted by atomic mass is 9.86. The van der Waals surface area contributed by atoms with E-state index in [1.54, 1.807) is 6.33 Å². The summed E-state index contributed by atoms with van der Waals surface area (Å²) >= 11 is 0. The molecule has 2 rings (SSSR count). The molecule has 2 unspecified atom stereocenters. The zero-order valence-corrected chi connectivity index (χ0v) is 11.5. The Hall–Kier alpha value is -1.36. The van der Waals surface area contributed by atoms with Crippen molar-refractivity contribution in [3.05, 3.63) is 11.9 Å². The standard InChI is InChI=1S/C13H23N5/c1-9-5-4-6-11(7-9)18(3)13-10(2)12(17-14)15-8-16-13/h8-9,11H,4-7,14H2,1-3H3,(H,15,16,17). The van der Waals surface area contributed by atoms with Crippen molar-refractivity contribution in [1.29, 1.82) is 0 Å². The first-order valence-electron chi connectivity index (χ1n) is 6.64. The number of nitrogens with one attached hydrogen (secondary N) is 1. The first kappa shape index (κ1) is 13.1. The van der Waals surface area contributed by atoms with Crippen molar-refractivity contribution in [3.63, 3.8) is 0 Å². The normalized spacial score (nSPS) is 23.8. The minimum Gasteiger partial charge on any atom is -0.356 e. The molecular formula is C13H23N5. The second-order valence-electron chi connectivity index (χ2n) is 5.35. The summed E-state index contributed by atoms with van der Waals surface area (Å²) in [4.78, 5) is 10.8. The zero-order valence-electron chi connectivity index (χ0n) is 11.5. The number of hydrazine groups is 1. The van der Waals surface area contributed by atoms with Crippen LogP contribution in [0.4, 0.5) is 11.6 Å². The molecule has 0 aromatic carbocycles. The quantitative estimate of drug-likeness (QED) is 0.634. The molecule has 1 heterocycles. The van der Waals surface area contributed by atoms with Crippen LogP contribution in [0, 0.1) is 12.8 Å². The van der Waals surface area contributed by atoms with Gasteiger partial charge in [-0.2, -0.15) is 0 Å². The molecule has 0 radical (unpaired) electrons. The van der Waals surface area contributed by atoms with Crippen molar-refractivity contribution in [2.45, 2.75) is 45.6 Å². The van der Waals surface area contributed by atoms with E-state index in [0.717, 1.165) is 17.3 Å². The summed E-state index contributed by atoms with van der Waals surface area (Å²) in [5.74, 6) is 7.96. The highest BCUT2D eigenvalue weighted by molar-refractivity contribution is 5.57. The van der Waals surface area contributed by atoms with Crippen LogP contribution in [0.15, 0.2) is 6.33 Å². The van der Waals surface area contributed by atoms with E-state index in [1.165, 1.54) is 25.7 Å². The fraction of sp³-hybridized carbons (Fsp3) is 0.692. The Labute approximate surface area is 109 Å². The Balaban J connectivity index is 2.20. The van der Waals surface area contributed by atoms with Crippen molar-refractivity contribution < 1.29 is 0 Å². The molecule has 1 fully saturated rings. The number of hydrogen-bond acceptors (Lipinski definition) is 5. The molecule has 1 saturated carbocycles. The van der Waals surface area contributed by atoms with Gasteiger partial charge >= 0.3 is 0 Å². The van der Waals surface area contributed by atoms with Gasteiger partial charge in [-0.25, -0.2) is 15.8 Å². The molecule has 0 saturated heterocycles. The fourth-order valence-corrected chi connectivity index (χ4v) is 2.87. The fourth-order valence-electron chi connectivity index (χ4n) is 2.87. The van der Waals surface area contributed by atoms with E-state index >= 15 is 0 Å². The van der Waals surface area contributed by atoms with Gasteiger partial charge in [-0.05, 0) is 25.7 Å². The number of anilines is 2. The Kier molecular flexibility index (Phi) is 4.01. The van der Waals surface area contributed by atoms with Crippen LogP contribution in [0.5, 0.6) is 0 Å². The molecule has 1 aliphatic carbocycles. The second kappa shape index (κ2) is 5.52. The molecule has 1 aromatic heterocycles. The average Bonchev–Trinajstić information content (AvgIpc) is 2.38. The summed E-state index contributed by atoms with van der Waals surface area (Å²) in [6, 6.07) is 0.577. The highest BCUT2D eigenvalue weighted by atomic mass is 15.3. The number of hydrogen-bond donors (Lipinski definition) is 2. The molecule has 0 aliphatic heterocycles. The van der Waals surface area contributed by atoms with Crippen molar-refractivity contribution in [2.24, 2.45) is 11.8 Å². The van der Waals surface area contributed by atoms with Gasteiger partial charge < -0.3 is 10.3 Å². The summed E-state index contributed by atoms with van der Waals surface area (Å²) in [5.41, 5.74) is 3.64. The van der Waals surface area contributed by atoms with Crippen molar-refractivity contribution in [2.75, 3.05) is 17.4 Å². The summed E-state index contributed by atoms with van der Waals surface area (Å²) < 4.78 is 0. The van der Waals surface area contributed by atoms with Gasteiger partial charge in [0, 0.05) is 18.7 Å². The Bertz CT molecular complexity index is 406. The van der Waals surface area contributed by atoms with E-state index in [2.05, 4.69) is 34.3 Å². The molecule has 5 heteroatoms. The summed E-state index contributed by atoms with van der Waals surface area (Å²) in [6.45, 7) is 4.34. The van der Waals surface area contributed by atoms with E-state index in [4.69, 9.17) is 5.84 Å². The van der Waals surface area contributed by atoms with Gasteiger partial charge in [0.1, 0.15) is 18.0 Å². The predicted molar refractivity (Wildman–Crippen MR) is 74.4 cm³/mol. The lowest BCUT2D eigenvalue weighted by Gasteiger charge is -2.35. The van der Waals surface area contributed by atoms with Crippen molar-refractivity contribution in [1.82, 2.24) is 9.97 Å². The molecular weight excluding hydrogens is 226 g/mol. The molecule has 2 atom stereocenters. The lowest BCUT2D eigenvalue weighted by Crippen LogP contribution is -2.36. The number of rotatable bonds is 3. The predicted octanol–water partition coefficient (Wildman–Crippen LogP) is 2.09. The zero-order chi connectivity index (χ0) is 13.1. The maximum Gasteiger partial charge on any atom is 0.148 e. The maximum atomic E-state index is 5.46. The van der Waals surface area contributed by atoms with E-state index in [0.29, 0.717) is 11.9 Å². The molecule has 0 spiro atoms. The first-order chi connectivity index (χ1) is 8.63. The van der Waals surface area contributed by atoms with Gasteiger partial charge in [-0.3, -0.25) is 0 Å². The van der Waals surface area contributed by atoms with Gasteiger partial charge in [0.25, 0.3) is 0 Å². The van der Waals surface area contributed by atoms with Crippen molar-refractivity contribution in [3.8, 4) is 0 Å². The maximum absolute atomic E-state index is 5.46. The molecule has 100 valence electrons. The number of nitrogens with two attached hydrogens (primary N) is 1. The van der Waals surface area contributed by atoms with Crippen molar-refractivity contribution >= 4 is 11.6 Å². The largest absolute Gasteiger partial charge is 0.356 e. The third kappa shape index (κ3) is 2.56. The van der Waals surface area contributed by atoms with E-state index in [-0.39, 0.29) is 0 Å². The van der Waals surface area contributed by atoms with E-state index in [1.807, 2.05) is 6.92 Å². The minimum absolute atomic E-state index is 0.577. The lowest BCUT2D eigenvalue weighted by molar-refractivity contribution is 0.335. The number of nitrogens with zero attached hydrogens (tertiary/aromatic N) is 3. The number of nitrogen functional groups attached to an aromatic ring is 1. The SMILES string of the molecule is Cc1c(NN)ncnc1N(C)C1CCCC(C)C1. The molecule has 0 amide bonds. The van der Waals surface area contributed by atoms with Crippen LogP contribution in [-0.4, -0.2) is 23.1 Å². The van der Waals surface area contributed by atoms with Crippen LogP contribution in [0.25, 0.3) is 0 Å². The van der Waals surface area contributed by atoms with Gasteiger partial charge in [0.2, 0.25) is 0 Å². The summed E-state index contributed by atoms with van der Waals surface area (Å²) in [6.07, 6.45) is 6.71. The van der Waals surface area contributed by atoms with Crippen LogP contribution in [-0.2, 0) is 0 Å². The van der Waals surface area contributed by atoms with Crippen LogP contribution in [0.2, 0.25) is 0 Å². The van der Waals surface area contributed by atoms with Crippen LogP contribution < -0.4 is 16.2 Å². The van der Waals surface area contributed by atoms with Crippen LogP contribution in [0.1, 0.15) is 38.2 Å². The number of aromatic nitrogens is 2. The molecule has 0 bridgehead atoms. The van der Waals surface area contributed by atoms with Gasteiger partial charge in [0.05, 0.1) is 0 Å². The Morgan fingerprint density at radius 2 is 2.17 bits per heavy atom. The highest BCUT2D eigenvalue weighted by Crippen LogP contribution is 2.30. The van der Waals surface area contributed by atoms with Gasteiger partial charge in [0.15, 0.2) is 0 Å². The molecule has 1 aromatic rings. The average molecular weight is 249 g/mol. The summed E-state index contributed by atoms with van der Waals surface area (Å²) in [7, 11) is 2.12. The molecule has 1 aliphatic rings. The first-order valence-corrected chi connectivity index (χ1v) is 6.64. The Morgan fingerprint density at radius 1 is 1.39 bits per heavy atom. The third-order valence-corrected chi connectivity index (χ3v) is 3.98. The second-order valence-corrected chi connectivity index (χ2v) is 5.35.